The fraction of sp³-hybridized carbons (Fsp3) is 0.462. The third kappa shape index (κ3) is 3.73. The van der Waals surface area contributed by atoms with E-state index < -0.39 is 10.0 Å². The zero-order valence-electron chi connectivity index (χ0n) is 19.3. The maximum Gasteiger partial charge on any atom is 0.268 e. The van der Waals surface area contributed by atoms with Gasteiger partial charge in [0.25, 0.3) is 10.0 Å². The summed E-state index contributed by atoms with van der Waals surface area (Å²) in [6.07, 6.45) is 5.65. The van der Waals surface area contributed by atoms with Crippen molar-refractivity contribution in [1.29, 1.82) is 0 Å². The molecule has 32 heavy (non-hydrogen) atoms. The molecule has 0 amide bonds. The number of fused-ring (bicyclic) bond motifs is 2. The Morgan fingerprint density at radius 3 is 2.41 bits per heavy atom. The van der Waals surface area contributed by atoms with Gasteiger partial charge in [0.1, 0.15) is 0 Å². The molecule has 0 aliphatic carbocycles. The van der Waals surface area contributed by atoms with Crippen molar-refractivity contribution >= 4 is 26.6 Å². The van der Waals surface area contributed by atoms with E-state index in [0.717, 1.165) is 41.8 Å². The highest BCUT2D eigenvalue weighted by atomic mass is 32.2. The van der Waals surface area contributed by atoms with Crippen LogP contribution in [0.3, 0.4) is 0 Å². The molecular formula is C26H33N3O2S. The lowest BCUT2D eigenvalue weighted by molar-refractivity contribution is 0.133. The summed E-state index contributed by atoms with van der Waals surface area (Å²) in [4.78, 5) is 5.32. The molecule has 0 radical (unpaired) electrons. The number of piperazine rings is 1. The number of rotatable bonds is 3. The topological polar surface area (TPSA) is 45.6 Å². The molecule has 1 aromatic heterocycles. The maximum absolute atomic E-state index is 13.7. The Kier molecular flexibility index (Phi) is 5.33. The molecule has 0 bridgehead atoms. The van der Waals surface area contributed by atoms with Crippen molar-refractivity contribution in [2.24, 2.45) is 0 Å². The fourth-order valence-corrected chi connectivity index (χ4v) is 6.56. The van der Waals surface area contributed by atoms with Gasteiger partial charge in [-0.15, -0.1) is 0 Å². The highest BCUT2D eigenvalue weighted by Gasteiger charge is 2.31. The van der Waals surface area contributed by atoms with Crippen LogP contribution in [0.1, 0.15) is 45.6 Å². The van der Waals surface area contributed by atoms with Gasteiger partial charge in [-0.2, -0.15) is 0 Å². The molecule has 2 aliphatic rings. The van der Waals surface area contributed by atoms with Crippen molar-refractivity contribution in [2.45, 2.75) is 56.4 Å². The number of benzene rings is 2. The molecule has 6 heteroatoms. The van der Waals surface area contributed by atoms with Crippen LogP contribution in [0.5, 0.6) is 0 Å². The number of para-hydroxylation sites is 1. The average Bonchev–Trinajstić information content (AvgIpc) is 3.19. The van der Waals surface area contributed by atoms with Crippen LogP contribution >= 0.6 is 0 Å². The maximum atomic E-state index is 13.7. The summed E-state index contributed by atoms with van der Waals surface area (Å²) in [5.41, 5.74) is 2.88. The van der Waals surface area contributed by atoms with Gasteiger partial charge in [0.05, 0.1) is 16.1 Å². The second kappa shape index (κ2) is 7.92. The molecule has 2 fully saturated rings. The van der Waals surface area contributed by atoms with Gasteiger partial charge in [0, 0.05) is 37.3 Å². The SMILES string of the molecule is CC(C)(C)c1ccc(S(=O)(=O)n2cc(N3CCN4CCCCC4C3)c3ccccc32)cc1. The molecular weight excluding hydrogens is 418 g/mol. The fourth-order valence-electron chi connectivity index (χ4n) is 5.20. The molecule has 170 valence electrons. The zero-order valence-corrected chi connectivity index (χ0v) is 20.1. The molecule has 3 aromatic rings. The van der Waals surface area contributed by atoms with Crippen LogP contribution in [0.4, 0.5) is 5.69 Å². The first-order chi connectivity index (χ1) is 15.2. The van der Waals surface area contributed by atoms with E-state index in [-0.39, 0.29) is 5.41 Å². The molecule has 5 rings (SSSR count). The highest BCUT2D eigenvalue weighted by Crippen LogP contribution is 2.34. The summed E-state index contributed by atoms with van der Waals surface area (Å²) in [5, 5.41) is 1.01. The van der Waals surface area contributed by atoms with E-state index in [1.807, 2.05) is 42.6 Å². The Labute approximate surface area is 191 Å². The van der Waals surface area contributed by atoms with Gasteiger partial charge in [-0.05, 0) is 48.6 Å². The molecule has 1 unspecified atom stereocenters. The van der Waals surface area contributed by atoms with Crippen LogP contribution in [-0.2, 0) is 15.4 Å². The van der Waals surface area contributed by atoms with Gasteiger partial charge in [-0.3, -0.25) is 4.90 Å². The van der Waals surface area contributed by atoms with Crippen LogP contribution in [0, 0.1) is 0 Å². The molecule has 2 aromatic carbocycles. The molecule has 2 aliphatic heterocycles. The first kappa shape index (κ1) is 21.5. The van der Waals surface area contributed by atoms with Gasteiger partial charge >= 0.3 is 0 Å². The highest BCUT2D eigenvalue weighted by molar-refractivity contribution is 7.90. The standard InChI is InChI=1S/C26H33N3O2S/c1-26(2,3)20-11-13-22(14-12-20)32(30,31)29-19-25(23-9-4-5-10-24(23)29)28-17-16-27-15-7-6-8-21(27)18-28/h4-5,9-14,19,21H,6-8,15-18H2,1-3H3. The Morgan fingerprint density at radius 1 is 0.906 bits per heavy atom. The lowest BCUT2D eigenvalue weighted by atomic mass is 9.87. The quantitative estimate of drug-likeness (QED) is 0.571. The van der Waals surface area contributed by atoms with Crippen LogP contribution < -0.4 is 4.90 Å². The minimum Gasteiger partial charge on any atom is -0.367 e. The van der Waals surface area contributed by atoms with Gasteiger partial charge in [-0.25, -0.2) is 12.4 Å². The van der Waals surface area contributed by atoms with Crippen LogP contribution in [0.2, 0.25) is 0 Å². The zero-order chi connectivity index (χ0) is 22.5. The van der Waals surface area contributed by atoms with E-state index in [1.54, 1.807) is 12.1 Å². The molecule has 5 nitrogen and oxygen atoms in total. The second-order valence-electron chi connectivity index (χ2n) is 10.2. The smallest absolute Gasteiger partial charge is 0.268 e. The van der Waals surface area contributed by atoms with Crippen molar-refractivity contribution in [3.63, 3.8) is 0 Å². The lowest BCUT2D eigenvalue weighted by Gasteiger charge is -2.44. The summed E-state index contributed by atoms with van der Waals surface area (Å²) in [6.45, 7) is 10.5. The van der Waals surface area contributed by atoms with Crippen LogP contribution in [0.25, 0.3) is 10.9 Å². The molecule has 0 N–H and O–H groups in total. The van der Waals surface area contributed by atoms with Crippen molar-refractivity contribution in [1.82, 2.24) is 8.87 Å². The van der Waals surface area contributed by atoms with Crippen LogP contribution in [-0.4, -0.2) is 49.5 Å². The van der Waals surface area contributed by atoms with Crippen molar-refractivity contribution < 1.29 is 8.42 Å². The first-order valence-corrected chi connectivity index (χ1v) is 13.1. The summed E-state index contributed by atoms with van der Waals surface area (Å²) >= 11 is 0. The first-order valence-electron chi connectivity index (χ1n) is 11.7. The average molecular weight is 452 g/mol. The largest absolute Gasteiger partial charge is 0.367 e. The number of aromatic nitrogens is 1. The normalized spacial score (nSPS) is 20.5. The number of hydrogen-bond acceptors (Lipinski definition) is 4. The number of anilines is 1. The Bertz CT molecular complexity index is 1220. The molecule has 3 heterocycles. The summed E-state index contributed by atoms with van der Waals surface area (Å²) in [7, 11) is -3.69. The third-order valence-electron chi connectivity index (χ3n) is 7.11. The molecule has 2 saturated heterocycles. The summed E-state index contributed by atoms with van der Waals surface area (Å²) in [6, 6.07) is 15.8. The van der Waals surface area contributed by atoms with Crippen molar-refractivity contribution in [3.8, 4) is 0 Å². The number of nitrogens with zero attached hydrogens (tertiary/aromatic N) is 3. The van der Waals surface area contributed by atoms with Gasteiger partial charge in [0.15, 0.2) is 0 Å². The molecule has 1 atom stereocenters. The Morgan fingerprint density at radius 2 is 1.66 bits per heavy atom. The van der Waals surface area contributed by atoms with E-state index >= 15 is 0 Å². The predicted octanol–water partition coefficient (Wildman–Crippen LogP) is 4.85. The van der Waals surface area contributed by atoms with E-state index in [9.17, 15) is 8.42 Å². The predicted molar refractivity (Wildman–Crippen MR) is 131 cm³/mol. The van der Waals surface area contributed by atoms with Crippen molar-refractivity contribution in [2.75, 3.05) is 31.1 Å². The second-order valence-corrected chi connectivity index (χ2v) is 12.1. The van der Waals surface area contributed by atoms with Gasteiger partial charge < -0.3 is 4.90 Å². The molecule has 0 spiro atoms. The van der Waals surface area contributed by atoms with E-state index in [1.165, 1.54) is 29.8 Å². The van der Waals surface area contributed by atoms with Crippen molar-refractivity contribution in [3.05, 3.63) is 60.3 Å². The third-order valence-corrected chi connectivity index (χ3v) is 8.80. The van der Waals surface area contributed by atoms with E-state index in [4.69, 9.17) is 0 Å². The summed E-state index contributed by atoms with van der Waals surface area (Å²) < 4.78 is 28.8. The summed E-state index contributed by atoms with van der Waals surface area (Å²) in [5.74, 6) is 0. The van der Waals surface area contributed by atoms with Gasteiger partial charge in [0.2, 0.25) is 0 Å². The van der Waals surface area contributed by atoms with E-state index in [0.29, 0.717) is 10.9 Å². The number of piperidine rings is 1. The monoisotopic (exact) mass is 451 g/mol. The lowest BCUT2D eigenvalue weighted by Crippen LogP contribution is -2.54. The Balaban J connectivity index is 1.54. The molecule has 0 saturated carbocycles. The van der Waals surface area contributed by atoms with Gasteiger partial charge in [-0.1, -0.05) is 57.5 Å². The minimum atomic E-state index is -3.69. The number of hydrogen-bond donors (Lipinski definition) is 0. The Hall–Kier alpha value is -2.31. The van der Waals surface area contributed by atoms with E-state index in [2.05, 4.69) is 30.6 Å². The van der Waals surface area contributed by atoms with Crippen LogP contribution in [0.15, 0.2) is 59.6 Å². The minimum absolute atomic E-state index is 0.0170.